The average Bonchev–Trinajstić information content (AvgIpc) is 3.00. The van der Waals surface area contributed by atoms with Crippen LogP contribution in [0.2, 0.25) is 5.02 Å². The molecule has 5 nitrogen and oxygen atoms in total. The van der Waals surface area contributed by atoms with Gasteiger partial charge in [-0.1, -0.05) is 11.6 Å². The summed E-state index contributed by atoms with van der Waals surface area (Å²) in [7, 11) is 3.12. The zero-order valence-electron chi connectivity index (χ0n) is 11.9. The van der Waals surface area contributed by atoms with Crippen molar-refractivity contribution in [2.45, 2.75) is 0 Å². The third-order valence-corrected chi connectivity index (χ3v) is 3.47. The van der Waals surface area contributed by atoms with Crippen molar-refractivity contribution in [2.75, 3.05) is 27.3 Å². The first-order valence-corrected chi connectivity index (χ1v) is 6.83. The van der Waals surface area contributed by atoms with Crippen LogP contribution >= 0.6 is 11.6 Å². The van der Waals surface area contributed by atoms with Crippen molar-refractivity contribution in [2.24, 2.45) is 0 Å². The molecule has 0 saturated heterocycles. The number of aliphatic hydroxyl groups is 1. The molecule has 6 heteroatoms. The molecule has 0 aliphatic carbocycles. The number of methoxy groups -OCH3 is 1. The third kappa shape index (κ3) is 3.20. The topological polar surface area (TPSA) is 54.7 Å². The highest BCUT2D eigenvalue weighted by Gasteiger charge is 2.19. The van der Waals surface area contributed by atoms with Gasteiger partial charge in [-0.3, -0.25) is 4.79 Å². The number of carbonyl (C=O) groups is 1. The lowest BCUT2D eigenvalue weighted by molar-refractivity contribution is 0.0763. The summed E-state index contributed by atoms with van der Waals surface area (Å²) in [6.45, 7) is 0.151. The fourth-order valence-corrected chi connectivity index (χ4v) is 2.29. The maximum absolute atomic E-state index is 12.3. The van der Waals surface area contributed by atoms with Crippen LogP contribution in [-0.4, -0.2) is 47.8 Å². The highest BCUT2D eigenvalue weighted by atomic mass is 35.5. The molecule has 0 unspecified atom stereocenters. The molecule has 1 aromatic carbocycles. The Balaban J connectivity index is 2.44. The summed E-state index contributed by atoms with van der Waals surface area (Å²) in [4.78, 5) is 13.8. The first-order chi connectivity index (χ1) is 10.1. The van der Waals surface area contributed by atoms with Gasteiger partial charge in [0.15, 0.2) is 0 Å². The summed E-state index contributed by atoms with van der Waals surface area (Å²) in [5.74, 6) is 0.194. The molecule has 0 bridgehead atoms. The van der Waals surface area contributed by atoms with E-state index in [1.54, 1.807) is 19.2 Å². The zero-order valence-corrected chi connectivity index (χ0v) is 12.7. The fraction of sp³-hybridized carbons (Fsp3) is 0.267. The Morgan fingerprint density at radius 2 is 2.05 bits per heavy atom. The van der Waals surface area contributed by atoms with E-state index in [-0.39, 0.29) is 19.1 Å². The van der Waals surface area contributed by atoms with Gasteiger partial charge in [-0.2, -0.15) is 0 Å². The molecule has 0 saturated carbocycles. The minimum atomic E-state index is -0.248. The van der Waals surface area contributed by atoms with Gasteiger partial charge < -0.3 is 19.3 Å². The Kier molecular flexibility index (Phi) is 4.88. The third-order valence-electron chi connectivity index (χ3n) is 3.16. The summed E-state index contributed by atoms with van der Waals surface area (Å²) >= 11 is 6.28. The molecule has 1 aromatic heterocycles. The summed E-state index contributed by atoms with van der Waals surface area (Å²) in [5, 5.41) is 9.38. The molecule has 0 spiro atoms. The Morgan fingerprint density at radius 1 is 1.38 bits per heavy atom. The van der Waals surface area contributed by atoms with E-state index in [1.165, 1.54) is 12.0 Å². The molecule has 2 rings (SSSR count). The standard InChI is InChI=1S/C15H17ClN2O3/c1-17(7-8-19)15(20)11-9-12(16)13(10-14(11)21-2)18-5-3-4-6-18/h3-6,9-10,19H,7-8H2,1-2H3. The molecule has 1 heterocycles. The van der Waals surface area contributed by atoms with Crippen molar-refractivity contribution in [3.8, 4) is 11.4 Å². The van der Waals surface area contributed by atoms with Crippen LogP contribution in [0.25, 0.3) is 5.69 Å². The number of carbonyl (C=O) groups excluding carboxylic acids is 1. The molecule has 0 radical (unpaired) electrons. The number of hydrogen-bond donors (Lipinski definition) is 1. The largest absolute Gasteiger partial charge is 0.496 e. The number of halogens is 1. The molecule has 1 amide bonds. The van der Waals surface area contributed by atoms with E-state index in [4.69, 9.17) is 21.4 Å². The molecule has 0 atom stereocenters. The molecule has 112 valence electrons. The van der Waals surface area contributed by atoms with Crippen molar-refractivity contribution in [1.82, 2.24) is 9.47 Å². The number of rotatable bonds is 5. The molecule has 2 aromatic rings. The molecular formula is C15H17ClN2O3. The number of likely N-dealkylation sites (N-methyl/N-ethyl adjacent to an activating group) is 1. The van der Waals surface area contributed by atoms with Crippen molar-refractivity contribution >= 4 is 17.5 Å². The quantitative estimate of drug-likeness (QED) is 0.921. The predicted octanol–water partition coefficient (Wildman–Crippen LogP) is 2.20. The first kappa shape index (κ1) is 15.4. The second-order valence-corrected chi connectivity index (χ2v) is 4.95. The summed E-state index contributed by atoms with van der Waals surface area (Å²) in [6.07, 6.45) is 3.72. The van der Waals surface area contributed by atoms with Crippen LogP contribution < -0.4 is 4.74 Å². The molecular weight excluding hydrogens is 292 g/mol. The van der Waals surface area contributed by atoms with Gasteiger partial charge in [0.2, 0.25) is 0 Å². The molecule has 1 N–H and O–H groups in total. The second-order valence-electron chi connectivity index (χ2n) is 4.54. The Hall–Kier alpha value is -1.98. The van der Waals surface area contributed by atoms with Crippen LogP contribution in [0.3, 0.4) is 0 Å². The first-order valence-electron chi connectivity index (χ1n) is 6.45. The van der Waals surface area contributed by atoms with Gasteiger partial charge in [0.1, 0.15) is 5.75 Å². The lowest BCUT2D eigenvalue weighted by Gasteiger charge is -2.19. The van der Waals surface area contributed by atoms with Crippen LogP contribution in [-0.2, 0) is 0 Å². The Bertz CT molecular complexity index is 626. The fourth-order valence-electron chi connectivity index (χ4n) is 2.03. The van der Waals surface area contributed by atoms with Gasteiger partial charge in [0.05, 0.1) is 30.0 Å². The maximum atomic E-state index is 12.3. The predicted molar refractivity (Wildman–Crippen MR) is 81.4 cm³/mol. The highest BCUT2D eigenvalue weighted by Crippen LogP contribution is 2.30. The van der Waals surface area contributed by atoms with Crippen molar-refractivity contribution < 1.29 is 14.6 Å². The average molecular weight is 309 g/mol. The lowest BCUT2D eigenvalue weighted by Crippen LogP contribution is -2.29. The summed E-state index contributed by atoms with van der Waals surface area (Å²) in [5.41, 5.74) is 1.11. The Morgan fingerprint density at radius 3 is 2.62 bits per heavy atom. The number of hydrogen-bond acceptors (Lipinski definition) is 3. The minimum absolute atomic E-state index is 0.0975. The SMILES string of the molecule is COc1cc(-n2cccc2)c(Cl)cc1C(=O)N(C)CCO. The van der Waals surface area contributed by atoms with Crippen molar-refractivity contribution in [1.29, 1.82) is 0 Å². The lowest BCUT2D eigenvalue weighted by atomic mass is 10.1. The zero-order chi connectivity index (χ0) is 15.4. The van der Waals surface area contributed by atoms with E-state index in [0.29, 0.717) is 16.3 Å². The number of nitrogens with zero attached hydrogens (tertiary/aromatic N) is 2. The van der Waals surface area contributed by atoms with Gasteiger partial charge in [0, 0.05) is 32.1 Å². The maximum Gasteiger partial charge on any atom is 0.257 e. The van der Waals surface area contributed by atoms with E-state index in [0.717, 1.165) is 5.69 Å². The van der Waals surface area contributed by atoms with Gasteiger partial charge in [-0.05, 0) is 18.2 Å². The monoisotopic (exact) mass is 308 g/mol. The number of benzene rings is 1. The number of amides is 1. The van der Waals surface area contributed by atoms with E-state index < -0.39 is 0 Å². The smallest absolute Gasteiger partial charge is 0.257 e. The van der Waals surface area contributed by atoms with Crippen molar-refractivity contribution in [3.63, 3.8) is 0 Å². The molecule has 0 fully saturated rings. The molecule has 21 heavy (non-hydrogen) atoms. The van der Waals surface area contributed by atoms with Gasteiger partial charge in [-0.15, -0.1) is 0 Å². The Labute approximate surface area is 128 Å². The van der Waals surface area contributed by atoms with E-state index in [9.17, 15) is 4.79 Å². The van der Waals surface area contributed by atoms with Gasteiger partial charge >= 0.3 is 0 Å². The van der Waals surface area contributed by atoms with Crippen LogP contribution in [0.4, 0.5) is 0 Å². The van der Waals surface area contributed by atoms with E-state index in [1.807, 2.05) is 29.1 Å². The van der Waals surface area contributed by atoms with Crippen LogP contribution in [0.1, 0.15) is 10.4 Å². The van der Waals surface area contributed by atoms with E-state index in [2.05, 4.69) is 0 Å². The van der Waals surface area contributed by atoms with E-state index >= 15 is 0 Å². The van der Waals surface area contributed by atoms with Crippen LogP contribution in [0, 0.1) is 0 Å². The number of aromatic nitrogens is 1. The van der Waals surface area contributed by atoms with Gasteiger partial charge in [0.25, 0.3) is 5.91 Å². The van der Waals surface area contributed by atoms with Crippen LogP contribution in [0.5, 0.6) is 5.75 Å². The number of aliphatic hydroxyl groups excluding tert-OH is 1. The molecule has 0 aliphatic rings. The van der Waals surface area contributed by atoms with Crippen LogP contribution in [0.15, 0.2) is 36.7 Å². The van der Waals surface area contributed by atoms with Gasteiger partial charge in [-0.25, -0.2) is 0 Å². The minimum Gasteiger partial charge on any atom is -0.496 e. The summed E-state index contributed by atoms with van der Waals surface area (Å²) in [6, 6.07) is 7.09. The number of ether oxygens (including phenoxy) is 1. The van der Waals surface area contributed by atoms with Crippen molar-refractivity contribution in [3.05, 3.63) is 47.2 Å². The highest BCUT2D eigenvalue weighted by molar-refractivity contribution is 6.33. The second kappa shape index (κ2) is 6.65. The summed E-state index contributed by atoms with van der Waals surface area (Å²) < 4.78 is 7.15. The molecule has 0 aliphatic heterocycles. The normalized spacial score (nSPS) is 10.5.